The van der Waals surface area contributed by atoms with Crippen molar-refractivity contribution < 1.29 is 0 Å². The van der Waals surface area contributed by atoms with Crippen LogP contribution in [0.2, 0.25) is 0 Å². The molecule has 0 bridgehead atoms. The first-order valence-electron chi connectivity index (χ1n) is 23.8. The summed E-state index contributed by atoms with van der Waals surface area (Å²) in [6.45, 7) is 13.5. The van der Waals surface area contributed by atoms with Gasteiger partial charge in [-0.25, -0.2) is 0 Å². The van der Waals surface area contributed by atoms with Crippen molar-refractivity contribution in [3.05, 3.63) is 228 Å². The van der Waals surface area contributed by atoms with Gasteiger partial charge < -0.3 is 0 Å². The minimum absolute atomic E-state index is 0.0610. The van der Waals surface area contributed by atoms with E-state index in [-0.39, 0.29) is 10.8 Å². The largest absolute Gasteiger partial charge is 0.0616 e. The van der Waals surface area contributed by atoms with Crippen LogP contribution >= 0.6 is 0 Å². The molecule has 0 N–H and O–H groups in total. The highest BCUT2D eigenvalue weighted by Crippen LogP contribution is 2.49. The average molecular weight is 867 g/mol. The van der Waals surface area contributed by atoms with Crippen molar-refractivity contribution in [3.63, 3.8) is 0 Å². The predicted molar refractivity (Wildman–Crippen MR) is 293 cm³/mol. The lowest BCUT2D eigenvalue weighted by atomic mass is 9.81. The zero-order valence-electron chi connectivity index (χ0n) is 39.5. The molecule has 0 aliphatic heterocycles. The molecule has 0 aliphatic carbocycles. The topological polar surface area (TPSA) is 0 Å². The van der Waals surface area contributed by atoms with Crippen LogP contribution in [0.5, 0.6) is 0 Å². The Balaban J connectivity index is 1.22. The number of hydrogen-bond acceptors (Lipinski definition) is 0. The molecule has 0 aliphatic rings. The van der Waals surface area contributed by atoms with E-state index in [1.54, 1.807) is 0 Å². The second kappa shape index (κ2) is 15.7. The van der Waals surface area contributed by atoms with Crippen LogP contribution in [0.1, 0.15) is 74.9 Å². The Bertz CT molecular complexity index is 3740. The maximum atomic E-state index is 3.77. The smallest absolute Gasteiger partial charge is 0.0334 e. The fourth-order valence-corrected chi connectivity index (χ4v) is 10.6. The van der Waals surface area contributed by atoms with Gasteiger partial charge in [0.1, 0.15) is 0 Å². The molecule has 0 spiro atoms. The Kier molecular flexibility index (Phi) is 9.55. The van der Waals surface area contributed by atoms with Crippen LogP contribution in [-0.4, -0.2) is 0 Å². The van der Waals surface area contributed by atoms with Crippen molar-refractivity contribution in [3.8, 4) is 45.9 Å². The van der Waals surface area contributed by atoms with Gasteiger partial charge in [-0.3, -0.25) is 0 Å². The molecule has 322 valence electrons. The van der Waals surface area contributed by atoms with Crippen molar-refractivity contribution in [2.45, 2.75) is 52.4 Å². The molecule has 12 rings (SSSR count). The molecule has 0 amide bonds. The molecule has 0 heteroatoms. The van der Waals surface area contributed by atoms with E-state index in [2.05, 4.69) is 259 Å². The summed E-state index contributed by atoms with van der Waals surface area (Å²) < 4.78 is 0. The molecule has 68 heavy (non-hydrogen) atoms. The molecule has 0 heterocycles. The molecular weight excluding hydrogens is 817 g/mol. The summed E-state index contributed by atoms with van der Waals surface area (Å²) in [7, 11) is 0. The number of benzene rings is 12. The van der Waals surface area contributed by atoms with E-state index >= 15 is 0 Å². The summed E-state index contributed by atoms with van der Waals surface area (Å²) in [5.74, 6) is 14.8. The molecule has 0 saturated carbocycles. The van der Waals surface area contributed by atoms with Gasteiger partial charge in [0, 0.05) is 22.3 Å². The second-order valence-corrected chi connectivity index (χ2v) is 20.6. The maximum absolute atomic E-state index is 3.77. The third-order valence-electron chi connectivity index (χ3n) is 14.2. The van der Waals surface area contributed by atoms with E-state index in [0.29, 0.717) is 0 Å². The van der Waals surface area contributed by atoms with Crippen LogP contribution in [0.15, 0.2) is 194 Å². The number of hydrogen-bond donors (Lipinski definition) is 0. The average Bonchev–Trinajstić information content (AvgIpc) is 3.35. The lowest BCUT2D eigenvalue weighted by molar-refractivity contribution is 0.590. The Labute approximate surface area is 399 Å². The van der Waals surface area contributed by atoms with Gasteiger partial charge in [0.05, 0.1) is 0 Å². The van der Waals surface area contributed by atoms with Gasteiger partial charge in [-0.15, -0.1) is 0 Å². The van der Waals surface area contributed by atoms with Crippen molar-refractivity contribution in [2.75, 3.05) is 0 Å². The zero-order valence-corrected chi connectivity index (χ0v) is 39.5. The fourth-order valence-electron chi connectivity index (χ4n) is 10.6. The summed E-state index contributed by atoms with van der Waals surface area (Å²) in [6.07, 6.45) is 0. The summed E-state index contributed by atoms with van der Waals surface area (Å²) in [4.78, 5) is 0. The van der Waals surface area contributed by atoms with E-state index in [9.17, 15) is 0 Å². The molecule has 0 nitrogen and oxygen atoms in total. The van der Waals surface area contributed by atoms with Gasteiger partial charge in [-0.2, -0.15) is 0 Å². The third kappa shape index (κ3) is 6.96. The van der Waals surface area contributed by atoms with E-state index in [1.165, 1.54) is 98.0 Å². The zero-order chi connectivity index (χ0) is 46.3. The second-order valence-electron chi connectivity index (χ2n) is 20.6. The molecule has 0 unspecified atom stereocenters. The number of fused-ring (bicyclic) bond motifs is 4. The quantitative estimate of drug-likeness (QED) is 0.0923. The van der Waals surface area contributed by atoms with Gasteiger partial charge in [0.2, 0.25) is 0 Å². The normalized spacial score (nSPS) is 12.0. The van der Waals surface area contributed by atoms with Gasteiger partial charge in [-0.1, -0.05) is 211 Å². The fraction of sp³-hybridized carbons (Fsp3) is 0.118. The summed E-state index contributed by atoms with van der Waals surface area (Å²) in [5, 5.41) is 16.9. The molecule has 12 aromatic rings. The van der Waals surface area contributed by atoms with Crippen molar-refractivity contribution in [2.24, 2.45) is 0 Å². The highest BCUT2D eigenvalue weighted by Gasteiger charge is 2.23. The Hall–Kier alpha value is -8.16. The minimum atomic E-state index is 0.0610. The standard InChI is InChI=1S/C68H50/c1-67(2,3)51-31-25-43(26-32-51)23-29-49-41-61(63-53-19-11-7-15-45(53)39-46-16-8-12-20-54(46)63)59-38-36-58-50(30-24-44-27-33-52(34-28-44)68(4,5)6)42-62(60-37-35-57(49)65(59)66(58)60)64-55-21-13-9-17-47(55)40-48-18-10-14-22-56(48)64/h7-22,25-28,31-42H,1-6H3. The van der Waals surface area contributed by atoms with Crippen LogP contribution in [0.25, 0.3) is 97.7 Å². The summed E-state index contributed by atoms with van der Waals surface area (Å²) in [6, 6.07) is 71.7. The lowest BCUT2D eigenvalue weighted by Gasteiger charge is -2.21. The first-order chi connectivity index (χ1) is 33.0. The summed E-state index contributed by atoms with van der Waals surface area (Å²) in [5.41, 5.74) is 11.5. The first kappa shape index (κ1) is 41.3. The van der Waals surface area contributed by atoms with Gasteiger partial charge >= 0.3 is 0 Å². The van der Waals surface area contributed by atoms with Crippen molar-refractivity contribution >= 4 is 75.4 Å². The van der Waals surface area contributed by atoms with Crippen LogP contribution in [0.3, 0.4) is 0 Å². The van der Waals surface area contributed by atoms with E-state index in [4.69, 9.17) is 0 Å². The molecule has 0 aromatic heterocycles. The highest BCUT2D eigenvalue weighted by atomic mass is 14.3. The Morgan fingerprint density at radius 2 is 0.588 bits per heavy atom. The van der Waals surface area contributed by atoms with Gasteiger partial charge in [0.15, 0.2) is 0 Å². The van der Waals surface area contributed by atoms with E-state index in [1.807, 2.05) is 0 Å². The monoisotopic (exact) mass is 866 g/mol. The van der Waals surface area contributed by atoms with E-state index in [0.717, 1.165) is 33.0 Å². The Morgan fingerprint density at radius 1 is 0.279 bits per heavy atom. The molecular formula is C68H50. The molecule has 0 atom stereocenters. The third-order valence-corrected chi connectivity index (χ3v) is 14.2. The molecule has 12 aromatic carbocycles. The summed E-state index contributed by atoms with van der Waals surface area (Å²) >= 11 is 0. The lowest BCUT2D eigenvalue weighted by Crippen LogP contribution is -2.10. The number of rotatable bonds is 2. The van der Waals surface area contributed by atoms with Crippen molar-refractivity contribution in [1.82, 2.24) is 0 Å². The molecule has 0 fully saturated rings. The van der Waals surface area contributed by atoms with E-state index < -0.39 is 0 Å². The highest BCUT2D eigenvalue weighted by molar-refractivity contribution is 6.32. The van der Waals surface area contributed by atoms with Crippen LogP contribution in [-0.2, 0) is 10.8 Å². The predicted octanol–water partition coefficient (Wildman–Crippen LogP) is 17.9. The van der Waals surface area contributed by atoms with Gasteiger partial charge in [-0.05, 0) is 168 Å². The van der Waals surface area contributed by atoms with Crippen molar-refractivity contribution in [1.29, 1.82) is 0 Å². The van der Waals surface area contributed by atoms with Crippen LogP contribution in [0.4, 0.5) is 0 Å². The van der Waals surface area contributed by atoms with Gasteiger partial charge in [0.25, 0.3) is 0 Å². The molecule has 0 radical (unpaired) electrons. The Morgan fingerprint density at radius 3 is 0.912 bits per heavy atom. The minimum Gasteiger partial charge on any atom is -0.0616 e. The first-order valence-corrected chi connectivity index (χ1v) is 23.8. The SMILES string of the molecule is CC(C)(C)c1ccc(C#Cc2cc(-c3c4ccccc4cc4ccccc34)c3ccc4c(C#Cc5ccc(C(C)(C)C)cc5)cc(-c5c6ccccc6cc6ccccc56)c5ccc2c3c45)cc1. The van der Waals surface area contributed by atoms with Crippen LogP contribution in [0, 0.1) is 23.7 Å². The van der Waals surface area contributed by atoms with Crippen LogP contribution < -0.4 is 0 Å². The maximum Gasteiger partial charge on any atom is 0.0334 e. The molecule has 0 saturated heterocycles.